The lowest BCUT2D eigenvalue weighted by Gasteiger charge is -2.31. The highest BCUT2D eigenvalue weighted by Crippen LogP contribution is 2.35. The molecule has 2 heterocycles. The van der Waals surface area contributed by atoms with Crippen molar-refractivity contribution in [3.05, 3.63) is 66.0 Å². The smallest absolute Gasteiger partial charge is 0.255 e. The maximum atomic E-state index is 14.5. The van der Waals surface area contributed by atoms with Crippen LogP contribution < -0.4 is 15.0 Å². The van der Waals surface area contributed by atoms with Crippen LogP contribution in [0.2, 0.25) is 0 Å². The van der Waals surface area contributed by atoms with Crippen LogP contribution in [0.5, 0.6) is 5.75 Å². The Morgan fingerprint density at radius 1 is 1.18 bits per heavy atom. The number of morpholine rings is 1. The summed E-state index contributed by atoms with van der Waals surface area (Å²) in [5.74, 6) is 0.221. The zero-order chi connectivity index (χ0) is 27.4. The van der Waals surface area contributed by atoms with Gasteiger partial charge in [0.15, 0.2) is 0 Å². The number of anilines is 2. The van der Waals surface area contributed by atoms with Gasteiger partial charge in [-0.1, -0.05) is 24.3 Å². The second kappa shape index (κ2) is 11.4. The molecule has 0 aromatic heterocycles. The summed E-state index contributed by atoms with van der Waals surface area (Å²) in [7, 11) is 1.81. The summed E-state index contributed by atoms with van der Waals surface area (Å²) in [4.78, 5) is 26.1. The van der Waals surface area contributed by atoms with E-state index in [1.165, 1.54) is 12.1 Å². The molecule has 9 nitrogen and oxygen atoms in total. The van der Waals surface area contributed by atoms with Gasteiger partial charge in [-0.2, -0.15) is 0 Å². The predicted molar refractivity (Wildman–Crippen MR) is 151 cm³/mol. The number of benzene rings is 3. The molecule has 3 aromatic carbocycles. The molecule has 0 radical (unpaired) electrons. The van der Waals surface area contributed by atoms with Gasteiger partial charge < -0.3 is 29.7 Å². The van der Waals surface area contributed by atoms with Gasteiger partial charge in [0, 0.05) is 67.0 Å². The van der Waals surface area contributed by atoms with E-state index in [2.05, 4.69) is 10.3 Å². The van der Waals surface area contributed by atoms with Crippen molar-refractivity contribution >= 4 is 40.2 Å². The summed E-state index contributed by atoms with van der Waals surface area (Å²) in [6, 6.07) is 15.6. The van der Waals surface area contributed by atoms with E-state index in [0.717, 1.165) is 10.8 Å². The summed E-state index contributed by atoms with van der Waals surface area (Å²) in [6.07, 6.45) is 2.23. The number of hydrogen-bond donors (Lipinski definition) is 2. The van der Waals surface area contributed by atoms with Gasteiger partial charge in [0.1, 0.15) is 11.6 Å². The number of ether oxygens (including phenoxy) is 2. The van der Waals surface area contributed by atoms with Crippen LogP contribution in [0.1, 0.15) is 23.7 Å². The van der Waals surface area contributed by atoms with Crippen LogP contribution in [0.25, 0.3) is 10.8 Å². The first kappa shape index (κ1) is 26.6. The quantitative estimate of drug-likeness (QED) is 0.478. The van der Waals surface area contributed by atoms with E-state index in [-0.39, 0.29) is 12.2 Å². The molecule has 5 rings (SSSR count). The zero-order valence-corrected chi connectivity index (χ0v) is 22.1. The fraction of sp³-hybridized carbons (Fsp3) is 0.345. The highest BCUT2D eigenvalue weighted by molar-refractivity contribution is 6.10. The first-order valence-corrected chi connectivity index (χ1v) is 12.9. The Balaban J connectivity index is 1.40. The van der Waals surface area contributed by atoms with Gasteiger partial charge in [0.2, 0.25) is 11.7 Å². The van der Waals surface area contributed by atoms with Crippen molar-refractivity contribution in [2.75, 3.05) is 56.7 Å². The number of aliphatic hydroxyl groups excluding tert-OH is 1. The van der Waals surface area contributed by atoms with E-state index in [4.69, 9.17) is 14.5 Å². The minimum atomic E-state index is -0.897. The molecule has 0 unspecified atom stereocenters. The second-order valence-corrected chi connectivity index (χ2v) is 9.76. The van der Waals surface area contributed by atoms with E-state index in [0.29, 0.717) is 62.4 Å². The number of aliphatic imine (C=N–C) groups is 2. The number of halogens is 1. The van der Waals surface area contributed by atoms with Crippen LogP contribution in [0.4, 0.5) is 15.8 Å². The number of hydrogen-bond acceptors (Lipinski definition) is 8. The Labute approximate surface area is 226 Å². The second-order valence-electron chi connectivity index (χ2n) is 9.76. The average molecular weight is 534 g/mol. The molecule has 3 aromatic rings. The molecule has 0 saturated carbocycles. The molecule has 0 bridgehead atoms. The lowest BCUT2D eigenvalue weighted by molar-refractivity contribution is 0.102. The van der Waals surface area contributed by atoms with Gasteiger partial charge in [-0.15, -0.1) is 0 Å². The average Bonchev–Trinajstić information content (AvgIpc) is 2.94. The number of aliphatic hydroxyl groups is 1. The molecule has 39 heavy (non-hydrogen) atoms. The van der Waals surface area contributed by atoms with Crippen molar-refractivity contribution in [1.29, 1.82) is 0 Å². The van der Waals surface area contributed by atoms with Gasteiger partial charge in [-0.3, -0.25) is 4.79 Å². The fourth-order valence-electron chi connectivity index (χ4n) is 4.69. The molecule has 2 N–H and O–H groups in total. The molecule has 0 aliphatic carbocycles. The number of nitrogens with one attached hydrogen (secondary N) is 1. The number of carbonyl (C=O) groups excluding carboxylic acids is 1. The minimum absolute atomic E-state index is 0.00934. The van der Waals surface area contributed by atoms with Gasteiger partial charge >= 0.3 is 0 Å². The topological polar surface area (TPSA) is 99.0 Å². The highest BCUT2D eigenvalue weighted by Gasteiger charge is 2.30. The monoisotopic (exact) mass is 533 g/mol. The third-order valence-corrected chi connectivity index (χ3v) is 6.77. The summed E-state index contributed by atoms with van der Waals surface area (Å²) in [5.41, 5.74) is 0.586. The normalized spacial score (nSPS) is 19.1. The SMILES string of the molecule is CN(CCO)C1=N[C@@](C)(Oc2ccc(NC(=O)c3cc(F)cc(N4CCOCC4)c3)c3ccccc23)CC=N1. The first-order valence-electron chi connectivity index (χ1n) is 12.9. The van der Waals surface area contributed by atoms with Crippen LogP contribution in [0, 0.1) is 5.82 Å². The summed E-state index contributed by atoms with van der Waals surface area (Å²) >= 11 is 0. The molecule has 1 saturated heterocycles. The van der Waals surface area contributed by atoms with Crippen molar-refractivity contribution < 1.29 is 23.8 Å². The molecular formula is C29H32FN5O4. The molecule has 1 atom stereocenters. The number of nitrogens with zero attached hydrogens (tertiary/aromatic N) is 4. The molecule has 204 valence electrons. The third-order valence-electron chi connectivity index (χ3n) is 6.77. The van der Waals surface area contributed by atoms with Gasteiger partial charge in [0.05, 0.1) is 19.8 Å². The predicted octanol–water partition coefficient (Wildman–Crippen LogP) is 3.92. The Morgan fingerprint density at radius 2 is 1.95 bits per heavy atom. The molecule has 1 amide bonds. The first-order chi connectivity index (χ1) is 18.8. The zero-order valence-electron chi connectivity index (χ0n) is 22.1. The lowest BCUT2D eigenvalue weighted by atomic mass is 10.1. The highest BCUT2D eigenvalue weighted by atomic mass is 19.1. The number of carbonyl (C=O) groups is 1. The molecular weight excluding hydrogens is 501 g/mol. The van der Waals surface area contributed by atoms with Crippen molar-refractivity contribution in [3.63, 3.8) is 0 Å². The van der Waals surface area contributed by atoms with Crippen molar-refractivity contribution in [3.8, 4) is 5.75 Å². The van der Waals surface area contributed by atoms with Crippen molar-refractivity contribution in [1.82, 2.24) is 4.90 Å². The van der Waals surface area contributed by atoms with Crippen LogP contribution >= 0.6 is 0 Å². The number of rotatable bonds is 7. The number of fused-ring (bicyclic) bond motifs is 1. The maximum Gasteiger partial charge on any atom is 0.255 e. The number of amides is 1. The summed E-state index contributed by atoms with van der Waals surface area (Å²) < 4.78 is 26.3. The minimum Gasteiger partial charge on any atom is -0.465 e. The summed E-state index contributed by atoms with van der Waals surface area (Å²) in [6.45, 7) is 4.70. The molecule has 10 heteroatoms. The van der Waals surface area contributed by atoms with Crippen molar-refractivity contribution in [2.45, 2.75) is 19.1 Å². The molecule has 0 spiro atoms. The molecule has 2 aliphatic rings. The Hall–Kier alpha value is -4.02. The Bertz CT molecular complexity index is 1420. The van der Waals surface area contributed by atoms with Crippen LogP contribution in [0.3, 0.4) is 0 Å². The van der Waals surface area contributed by atoms with E-state index in [9.17, 15) is 14.3 Å². The Kier molecular flexibility index (Phi) is 7.76. The van der Waals surface area contributed by atoms with E-state index >= 15 is 0 Å². The summed E-state index contributed by atoms with van der Waals surface area (Å²) in [5, 5.41) is 13.8. The fourth-order valence-corrected chi connectivity index (χ4v) is 4.69. The number of guanidine groups is 1. The molecule has 1 fully saturated rings. The van der Waals surface area contributed by atoms with Crippen LogP contribution in [-0.4, -0.2) is 80.3 Å². The Morgan fingerprint density at radius 3 is 2.72 bits per heavy atom. The third kappa shape index (κ3) is 6.02. The van der Waals surface area contributed by atoms with Crippen LogP contribution in [0.15, 0.2) is 64.6 Å². The van der Waals surface area contributed by atoms with Gasteiger partial charge in [-0.05, 0) is 37.3 Å². The molecule has 2 aliphatic heterocycles. The van der Waals surface area contributed by atoms with Gasteiger partial charge in [0.25, 0.3) is 5.91 Å². The van der Waals surface area contributed by atoms with Crippen LogP contribution in [-0.2, 0) is 4.74 Å². The largest absolute Gasteiger partial charge is 0.465 e. The van der Waals surface area contributed by atoms with Crippen molar-refractivity contribution in [2.24, 2.45) is 9.98 Å². The standard InChI is InChI=1S/C29H32FN5O4/c1-29(9-10-31-28(33-29)34(2)11-14-36)39-26-8-7-25(23-5-3-4-6-24(23)26)32-27(37)20-17-21(30)19-22(18-20)35-12-15-38-16-13-35/h3-8,10,17-19,36H,9,11-16H2,1-2H3,(H,32,37)/t29-/m0/s1. The van der Waals surface area contributed by atoms with E-state index in [1.54, 1.807) is 29.3 Å². The number of likely N-dealkylation sites (N-methyl/N-ethyl adjacent to an activating group) is 1. The lowest BCUT2D eigenvalue weighted by Crippen LogP contribution is -2.39. The van der Waals surface area contributed by atoms with Gasteiger partial charge in [-0.25, -0.2) is 14.4 Å². The van der Waals surface area contributed by atoms with E-state index < -0.39 is 17.4 Å². The van der Waals surface area contributed by atoms with E-state index in [1.807, 2.05) is 43.1 Å². The maximum absolute atomic E-state index is 14.5.